The van der Waals surface area contributed by atoms with Gasteiger partial charge in [0.15, 0.2) is 0 Å². The largest absolute Gasteiger partial charge is 0.441 e. The van der Waals surface area contributed by atoms with E-state index in [1.807, 2.05) is 0 Å². The second-order valence-corrected chi connectivity index (χ2v) is 7.60. The highest BCUT2D eigenvalue weighted by atomic mass is 32.2. The SMILES string of the molecule is CC(C)C1CNC2(CCCC2)CN1CCSC(F)(F)F. The predicted octanol–water partition coefficient (Wildman–Crippen LogP) is 3.48. The molecule has 0 bridgehead atoms. The van der Waals surface area contributed by atoms with Gasteiger partial charge in [0.25, 0.3) is 0 Å². The number of thioether (sulfide) groups is 1. The summed E-state index contributed by atoms with van der Waals surface area (Å²) in [5.74, 6) is 0.611. The van der Waals surface area contributed by atoms with Crippen molar-refractivity contribution in [2.45, 2.75) is 56.6 Å². The van der Waals surface area contributed by atoms with Gasteiger partial charge in [-0.2, -0.15) is 13.2 Å². The zero-order valence-corrected chi connectivity index (χ0v) is 13.1. The van der Waals surface area contributed by atoms with Crippen LogP contribution < -0.4 is 5.32 Å². The summed E-state index contributed by atoms with van der Waals surface area (Å²) in [4.78, 5) is 2.30. The standard InChI is InChI=1S/C14H25F3N2S/c1-11(2)12-9-18-13(5-3-4-6-13)10-19(12)7-8-20-14(15,16)17/h11-12,18H,3-10H2,1-2H3. The van der Waals surface area contributed by atoms with Gasteiger partial charge < -0.3 is 5.32 Å². The smallest absolute Gasteiger partial charge is 0.308 e. The van der Waals surface area contributed by atoms with Crippen molar-refractivity contribution >= 4 is 11.8 Å². The van der Waals surface area contributed by atoms with Gasteiger partial charge in [-0.25, -0.2) is 0 Å². The zero-order valence-electron chi connectivity index (χ0n) is 12.3. The first-order valence-electron chi connectivity index (χ1n) is 7.51. The Hall–Kier alpha value is 0.0600. The van der Waals surface area contributed by atoms with Crippen LogP contribution in [0.15, 0.2) is 0 Å². The van der Waals surface area contributed by atoms with E-state index in [4.69, 9.17) is 0 Å². The third-order valence-electron chi connectivity index (χ3n) is 4.64. The fourth-order valence-electron chi connectivity index (χ4n) is 3.58. The van der Waals surface area contributed by atoms with Gasteiger partial charge in [-0.05, 0) is 30.5 Å². The summed E-state index contributed by atoms with van der Waals surface area (Å²) in [5.41, 5.74) is -3.93. The number of hydrogen-bond donors (Lipinski definition) is 1. The normalized spacial score (nSPS) is 27.6. The lowest BCUT2D eigenvalue weighted by Crippen LogP contribution is -2.64. The molecule has 1 spiro atoms. The van der Waals surface area contributed by atoms with E-state index in [0.29, 0.717) is 18.5 Å². The van der Waals surface area contributed by atoms with Crippen molar-refractivity contribution in [2.24, 2.45) is 5.92 Å². The van der Waals surface area contributed by atoms with Crippen molar-refractivity contribution in [3.63, 3.8) is 0 Å². The fraction of sp³-hybridized carbons (Fsp3) is 1.00. The van der Waals surface area contributed by atoms with E-state index in [1.54, 1.807) is 0 Å². The Morgan fingerprint density at radius 3 is 2.50 bits per heavy atom. The highest BCUT2D eigenvalue weighted by Crippen LogP contribution is 2.35. The molecule has 2 aliphatic rings. The molecule has 1 aliphatic heterocycles. The summed E-state index contributed by atoms with van der Waals surface area (Å²) in [6.45, 7) is 6.67. The van der Waals surface area contributed by atoms with E-state index >= 15 is 0 Å². The second kappa shape index (κ2) is 6.44. The van der Waals surface area contributed by atoms with E-state index in [0.717, 1.165) is 13.1 Å². The number of nitrogens with zero attached hydrogens (tertiary/aromatic N) is 1. The molecule has 2 fully saturated rings. The molecule has 20 heavy (non-hydrogen) atoms. The third kappa shape index (κ3) is 4.28. The Morgan fingerprint density at radius 1 is 1.30 bits per heavy atom. The summed E-state index contributed by atoms with van der Waals surface area (Å²) in [6.07, 6.45) is 4.82. The molecule has 0 amide bonds. The van der Waals surface area contributed by atoms with Crippen molar-refractivity contribution in [3.05, 3.63) is 0 Å². The van der Waals surface area contributed by atoms with Crippen LogP contribution in [0.25, 0.3) is 0 Å². The first kappa shape index (κ1) is 16.4. The Labute approximate surface area is 123 Å². The summed E-state index contributed by atoms with van der Waals surface area (Å²) >= 11 is 0.110. The minimum atomic E-state index is -4.10. The summed E-state index contributed by atoms with van der Waals surface area (Å²) in [5, 5.41) is 3.69. The molecule has 1 heterocycles. The molecule has 1 saturated heterocycles. The average molecular weight is 310 g/mol. The minimum absolute atomic E-state index is 0.110. The van der Waals surface area contributed by atoms with Crippen LogP contribution in [0.1, 0.15) is 39.5 Å². The zero-order chi connectivity index (χ0) is 14.8. The van der Waals surface area contributed by atoms with Crippen molar-refractivity contribution < 1.29 is 13.2 Å². The maximum absolute atomic E-state index is 12.3. The molecular formula is C14H25F3N2S. The number of alkyl halides is 3. The monoisotopic (exact) mass is 310 g/mol. The van der Waals surface area contributed by atoms with Gasteiger partial charge in [-0.3, -0.25) is 4.90 Å². The van der Waals surface area contributed by atoms with E-state index in [-0.39, 0.29) is 23.1 Å². The summed E-state index contributed by atoms with van der Waals surface area (Å²) in [7, 11) is 0. The molecule has 0 radical (unpaired) electrons. The van der Waals surface area contributed by atoms with E-state index < -0.39 is 5.51 Å². The van der Waals surface area contributed by atoms with Crippen molar-refractivity contribution in [2.75, 3.05) is 25.4 Å². The second-order valence-electron chi connectivity index (χ2n) is 6.44. The first-order valence-corrected chi connectivity index (χ1v) is 8.50. The van der Waals surface area contributed by atoms with Gasteiger partial charge in [0.2, 0.25) is 0 Å². The van der Waals surface area contributed by atoms with Crippen molar-refractivity contribution in [1.29, 1.82) is 0 Å². The number of hydrogen-bond acceptors (Lipinski definition) is 3. The van der Waals surface area contributed by atoms with Gasteiger partial charge in [0, 0.05) is 37.0 Å². The molecule has 0 aromatic carbocycles. The van der Waals surface area contributed by atoms with Crippen LogP contribution in [0.2, 0.25) is 0 Å². The van der Waals surface area contributed by atoms with Crippen LogP contribution in [-0.2, 0) is 0 Å². The van der Waals surface area contributed by atoms with Gasteiger partial charge in [0.05, 0.1) is 0 Å². The molecule has 2 nitrogen and oxygen atoms in total. The van der Waals surface area contributed by atoms with Crippen molar-refractivity contribution in [1.82, 2.24) is 10.2 Å². The molecule has 2 rings (SSSR count). The lowest BCUT2D eigenvalue weighted by Gasteiger charge is -2.48. The van der Waals surface area contributed by atoms with Crippen LogP contribution in [0.5, 0.6) is 0 Å². The highest BCUT2D eigenvalue weighted by Gasteiger charge is 2.41. The van der Waals surface area contributed by atoms with Gasteiger partial charge >= 0.3 is 5.51 Å². The molecule has 0 aromatic heterocycles. The van der Waals surface area contributed by atoms with Gasteiger partial charge in [0.1, 0.15) is 0 Å². The number of rotatable bonds is 4. The number of halogens is 3. The van der Waals surface area contributed by atoms with E-state index in [9.17, 15) is 13.2 Å². The van der Waals surface area contributed by atoms with Crippen LogP contribution in [0.4, 0.5) is 13.2 Å². The molecule has 1 aliphatic carbocycles. The molecule has 1 N–H and O–H groups in total. The van der Waals surface area contributed by atoms with Crippen LogP contribution in [-0.4, -0.2) is 47.4 Å². The van der Waals surface area contributed by atoms with Gasteiger partial charge in [-0.1, -0.05) is 26.7 Å². The lowest BCUT2D eigenvalue weighted by atomic mass is 9.89. The third-order valence-corrected chi connectivity index (χ3v) is 5.35. The quantitative estimate of drug-likeness (QED) is 0.856. The number of piperazine rings is 1. The topological polar surface area (TPSA) is 15.3 Å². The fourth-order valence-corrected chi connectivity index (χ4v) is 4.14. The number of nitrogens with one attached hydrogen (secondary N) is 1. The van der Waals surface area contributed by atoms with Crippen LogP contribution >= 0.6 is 11.8 Å². The maximum Gasteiger partial charge on any atom is 0.441 e. The summed E-state index contributed by atoms with van der Waals surface area (Å²) < 4.78 is 36.9. The molecule has 1 unspecified atom stereocenters. The predicted molar refractivity (Wildman–Crippen MR) is 77.9 cm³/mol. The van der Waals surface area contributed by atoms with Crippen molar-refractivity contribution in [3.8, 4) is 0 Å². The molecule has 6 heteroatoms. The Kier molecular flexibility index (Phi) is 5.29. The Morgan fingerprint density at radius 2 is 1.95 bits per heavy atom. The maximum atomic E-state index is 12.3. The van der Waals surface area contributed by atoms with E-state index in [2.05, 4.69) is 24.1 Å². The van der Waals surface area contributed by atoms with Crippen LogP contribution in [0.3, 0.4) is 0 Å². The first-order chi connectivity index (χ1) is 9.31. The summed E-state index contributed by atoms with van der Waals surface area (Å²) in [6, 6.07) is 0.357. The highest BCUT2D eigenvalue weighted by molar-refractivity contribution is 8.00. The van der Waals surface area contributed by atoms with Crippen LogP contribution in [0, 0.1) is 5.92 Å². The Bertz CT molecular complexity index is 314. The average Bonchev–Trinajstić information content (AvgIpc) is 2.75. The molecule has 0 aromatic rings. The molecule has 1 saturated carbocycles. The lowest BCUT2D eigenvalue weighted by molar-refractivity contribution is -0.0330. The molecule has 118 valence electrons. The molecule has 1 atom stereocenters. The molecular weight excluding hydrogens is 285 g/mol. The van der Waals surface area contributed by atoms with E-state index in [1.165, 1.54) is 25.7 Å². The minimum Gasteiger partial charge on any atom is -0.308 e. The Balaban J connectivity index is 1.92. The van der Waals surface area contributed by atoms with Gasteiger partial charge in [-0.15, -0.1) is 0 Å².